The van der Waals surface area contributed by atoms with Gasteiger partial charge in [0.15, 0.2) is 11.5 Å². The molecule has 0 aliphatic heterocycles. The highest BCUT2D eigenvalue weighted by atomic mass is 19.4. The van der Waals surface area contributed by atoms with E-state index < -0.39 is 23.3 Å². The van der Waals surface area contributed by atoms with E-state index in [2.05, 4.69) is 10.1 Å². The van der Waals surface area contributed by atoms with Crippen LogP contribution in [-0.4, -0.2) is 54.1 Å². The standard InChI is InChI=1S/C15H22F3N3O2/c1-9(2)12-11(13(19-23-12)15(16,17)18)14(22)21(4)8-7-20(3)10-5-6-10/h9-10H,5-8H2,1-4H3. The smallest absolute Gasteiger partial charge is 0.360 e. The first kappa shape index (κ1) is 17.8. The van der Waals surface area contributed by atoms with Crippen molar-refractivity contribution in [3.8, 4) is 0 Å². The number of alkyl halides is 3. The summed E-state index contributed by atoms with van der Waals surface area (Å²) in [5.74, 6) is -1.09. The lowest BCUT2D eigenvalue weighted by atomic mass is 10.0. The Morgan fingerprint density at radius 1 is 1.30 bits per heavy atom. The monoisotopic (exact) mass is 333 g/mol. The predicted molar refractivity (Wildman–Crippen MR) is 78.2 cm³/mol. The molecule has 2 rings (SSSR count). The first-order valence-electron chi connectivity index (χ1n) is 7.65. The van der Waals surface area contributed by atoms with Crippen LogP contribution in [0.1, 0.15) is 54.4 Å². The van der Waals surface area contributed by atoms with Gasteiger partial charge in [-0.15, -0.1) is 0 Å². The van der Waals surface area contributed by atoms with Crippen LogP contribution in [-0.2, 0) is 6.18 Å². The van der Waals surface area contributed by atoms with Crippen LogP contribution in [0.3, 0.4) is 0 Å². The summed E-state index contributed by atoms with van der Waals surface area (Å²) < 4.78 is 44.0. The highest BCUT2D eigenvalue weighted by molar-refractivity contribution is 5.96. The topological polar surface area (TPSA) is 49.6 Å². The molecule has 1 aromatic rings. The van der Waals surface area contributed by atoms with Crippen LogP contribution in [0.2, 0.25) is 0 Å². The van der Waals surface area contributed by atoms with E-state index in [0.717, 1.165) is 12.8 Å². The van der Waals surface area contributed by atoms with E-state index in [9.17, 15) is 18.0 Å². The summed E-state index contributed by atoms with van der Waals surface area (Å²) in [6.45, 7) is 4.30. The third kappa shape index (κ3) is 4.04. The second-order valence-corrected chi connectivity index (χ2v) is 6.36. The van der Waals surface area contributed by atoms with Crippen LogP contribution in [0.4, 0.5) is 13.2 Å². The largest absolute Gasteiger partial charge is 0.437 e. The van der Waals surface area contributed by atoms with E-state index in [4.69, 9.17) is 4.52 Å². The van der Waals surface area contributed by atoms with E-state index >= 15 is 0 Å². The molecule has 1 amide bonds. The van der Waals surface area contributed by atoms with Crippen molar-refractivity contribution in [1.29, 1.82) is 0 Å². The highest BCUT2D eigenvalue weighted by Crippen LogP contribution is 2.35. The zero-order valence-electron chi connectivity index (χ0n) is 13.8. The van der Waals surface area contributed by atoms with E-state index in [0.29, 0.717) is 19.1 Å². The van der Waals surface area contributed by atoms with Crippen molar-refractivity contribution in [1.82, 2.24) is 15.0 Å². The lowest BCUT2D eigenvalue weighted by Gasteiger charge is -2.22. The van der Waals surface area contributed by atoms with Crippen LogP contribution in [0, 0.1) is 0 Å². The zero-order chi connectivity index (χ0) is 17.4. The SMILES string of the molecule is CC(C)c1onc(C(F)(F)F)c1C(=O)N(C)CCN(C)C1CC1. The molecule has 23 heavy (non-hydrogen) atoms. The maximum absolute atomic E-state index is 13.1. The van der Waals surface area contributed by atoms with Crippen LogP contribution in [0.25, 0.3) is 0 Å². The third-order valence-corrected chi connectivity index (χ3v) is 4.03. The average molecular weight is 333 g/mol. The average Bonchev–Trinajstić information content (AvgIpc) is 3.19. The highest BCUT2D eigenvalue weighted by Gasteiger charge is 2.42. The Kier molecular flexibility index (Phi) is 5.03. The summed E-state index contributed by atoms with van der Waals surface area (Å²) in [7, 11) is 3.45. The van der Waals surface area contributed by atoms with Gasteiger partial charge >= 0.3 is 6.18 Å². The Labute approximate surface area is 133 Å². The van der Waals surface area contributed by atoms with Crippen molar-refractivity contribution in [2.75, 3.05) is 27.2 Å². The number of hydrogen-bond acceptors (Lipinski definition) is 4. The van der Waals surface area contributed by atoms with Gasteiger partial charge in [0, 0.05) is 32.1 Å². The van der Waals surface area contributed by atoms with Gasteiger partial charge in [-0.2, -0.15) is 13.2 Å². The summed E-state index contributed by atoms with van der Waals surface area (Å²) >= 11 is 0. The van der Waals surface area contributed by atoms with Crippen molar-refractivity contribution in [3.05, 3.63) is 17.0 Å². The Morgan fingerprint density at radius 2 is 1.91 bits per heavy atom. The zero-order valence-corrected chi connectivity index (χ0v) is 13.8. The Bertz CT molecular complexity index is 565. The van der Waals surface area contributed by atoms with E-state index in [1.807, 2.05) is 7.05 Å². The fraction of sp³-hybridized carbons (Fsp3) is 0.733. The molecule has 0 unspecified atom stereocenters. The second kappa shape index (κ2) is 6.51. The first-order chi connectivity index (χ1) is 10.6. The number of carbonyl (C=O) groups excluding carboxylic acids is 1. The molecular formula is C15H22F3N3O2. The van der Waals surface area contributed by atoms with Crippen LogP contribution < -0.4 is 0 Å². The lowest BCUT2D eigenvalue weighted by Crippen LogP contribution is -2.36. The van der Waals surface area contributed by atoms with Gasteiger partial charge < -0.3 is 14.3 Å². The summed E-state index contributed by atoms with van der Waals surface area (Å²) in [4.78, 5) is 15.9. The summed E-state index contributed by atoms with van der Waals surface area (Å²) in [6, 6.07) is 0.533. The number of aromatic nitrogens is 1. The molecular weight excluding hydrogens is 311 g/mol. The van der Waals surface area contributed by atoms with E-state index in [1.165, 1.54) is 11.9 Å². The maximum Gasteiger partial charge on any atom is 0.437 e. The van der Waals surface area contributed by atoms with Crippen LogP contribution >= 0.6 is 0 Å². The normalized spacial score (nSPS) is 15.5. The predicted octanol–water partition coefficient (Wildman–Crippen LogP) is 2.98. The Morgan fingerprint density at radius 3 is 2.39 bits per heavy atom. The Hall–Kier alpha value is -1.57. The molecule has 0 N–H and O–H groups in total. The van der Waals surface area contributed by atoms with E-state index in [-0.39, 0.29) is 11.7 Å². The van der Waals surface area contributed by atoms with Gasteiger partial charge in [-0.05, 0) is 19.9 Å². The molecule has 0 radical (unpaired) electrons. The molecule has 1 aliphatic carbocycles. The minimum Gasteiger partial charge on any atom is -0.360 e. The Balaban J connectivity index is 2.17. The van der Waals surface area contributed by atoms with Gasteiger partial charge in [0.05, 0.1) is 0 Å². The van der Waals surface area contributed by atoms with Gasteiger partial charge in [0.2, 0.25) is 0 Å². The molecule has 1 saturated carbocycles. The van der Waals surface area contributed by atoms with Crippen molar-refractivity contribution in [2.45, 2.75) is 44.8 Å². The van der Waals surface area contributed by atoms with Gasteiger partial charge in [0.1, 0.15) is 5.56 Å². The van der Waals surface area contributed by atoms with Crippen LogP contribution in [0.15, 0.2) is 4.52 Å². The second-order valence-electron chi connectivity index (χ2n) is 6.36. The number of carbonyl (C=O) groups is 1. The number of likely N-dealkylation sites (N-methyl/N-ethyl adjacent to an activating group) is 2. The molecule has 0 bridgehead atoms. The van der Waals surface area contributed by atoms with Crippen molar-refractivity contribution >= 4 is 5.91 Å². The van der Waals surface area contributed by atoms with Gasteiger partial charge in [0.25, 0.3) is 5.91 Å². The van der Waals surface area contributed by atoms with Gasteiger partial charge in [-0.3, -0.25) is 4.79 Å². The number of nitrogens with zero attached hydrogens (tertiary/aromatic N) is 3. The molecule has 1 aromatic heterocycles. The van der Waals surface area contributed by atoms with Crippen molar-refractivity contribution < 1.29 is 22.5 Å². The van der Waals surface area contributed by atoms with Gasteiger partial charge in [-0.1, -0.05) is 19.0 Å². The quantitative estimate of drug-likeness (QED) is 0.803. The third-order valence-electron chi connectivity index (χ3n) is 4.03. The van der Waals surface area contributed by atoms with Crippen molar-refractivity contribution in [2.24, 2.45) is 0 Å². The number of halogens is 3. The van der Waals surface area contributed by atoms with Crippen molar-refractivity contribution in [3.63, 3.8) is 0 Å². The number of amides is 1. The minimum absolute atomic E-state index is 0.0234. The molecule has 0 atom stereocenters. The molecule has 0 spiro atoms. The minimum atomic E-state index is -4.72. The molecule has 1 fully saturated rings. The first-order valence-corrected chi connectivity index (χ1v) is 7.65. The molecule has 0 saturated heterocycles. The summed E-state index contributed by atoms with van der Waals surface area (Å²) in [5, 5.41) is 3.09. The summed E-state index contributed by atoms with van der Waals surface area (Å²) in [6.07, 6.45) is -2.45. The fourth-order valence-corrected chi connectivity index (χ4v) is 2.40. The number of hydrogen-bond donors (Lipinski definition) is 0. The van der Waals surface area contributed by atoms with Gasteiger partial charge in [-0.25, -0.2) is 0 Å². The molecule has 130 valence electrons. The molecule has 5 nitrogen and oxygen atoms in total. The number of rotatable bonds is 6. The van der Waals surface area contributed by atoms with E-state index in [1.54, 1.807) is 13.8 Å². The molecule has 1 aliphatic rings. The fourth-order valence-electron chi connectivity index (χ4n) is 2.40. The lowest BCUT2D eigenvalue weighted by molar-refractivity contribution is -0.143. The molecule has 8 heteroatoms. The summed E-state index contributed by atoms with van der Waals surface area (Å²) in [5.41, 5.74) is -1.71. The maximum atomic E-state index is 13.1. The van der Waals surface area contributed by atoms with Crippen LogP contribution in [0.5, 0.6) is 0 Å². The molecule has 0 aromatic carbocycles. The molecule has 1 heterocycles.